The molecule has 17 heavy (non-hydrogen) atoms. The summed E-state index contributed by atoms with van der Waals surface area (Å²) in [7, 11) is 0. The molecular formula is C14H15N3. The van der Waals surface area contributed by atoms with Gasteiger partial charge in [-0.15, -0.1) is 0 Å². The zero-order chi connectivity index (χ0) is 11.5. The van der Waals surface area contributed by atoms with Gasteiger partial charge in [0.05, 0.1) is 0 Å². The van der Waals surface area contributed by atoms with Gasteiger partial charge in [0.1, 0.15) is 6.17 Å². The monoisotopic (exact) mass is 225 g/mol. The van der Waals surface area contributed by atoms with Gasteiger partial charge in [-0.2, -0.15) is 5.12 Å². The Bertz CT molecular complexity index is 469. The first-order valence-electron chi connectivity index (χ1n) is 5.81. The molecule has 1 unspecified atom stereocenters. The number of nitrogens with zero attached hydrogens (tertiary/aromatic N) is 1. The predicted octanol–water partition coefficient (Wildman–Crippen LogP) is 2.21. The molecule has 1 saturated heterocycles. The topological polar surface area (TPSA) is 37.0 Å². The average Bonchev–Trinajstić information content (AvgIpc) is 3.18. The van der Waals surface area contributed by atoms with Crippen LogP contribution < -0.4 is 10.9 Å². The second-order valence-electron chi connectivity index (χ2n) is 4.13. The third-order valence-corrected chi connectivity index (χ3v) is 2.86. The first-order valence-corrected chi connectivity index (χ1v) is 5.81. The van der Waals surface area contributed by atoms with E-state index in [1.165, 1.54) is 11.1 Å². The molecule has 3 nitrogen and oxygen atoms in total. The summed E-state index contributed by atoms with van der Waals surface area (Å²) in [6.07, 6.45) is 0.305. The molecule has 1 aliphatic rings. The van der Waals surface area contributed by atoms with Gasteiger partial charge in [0.25, 0.3) is 0 Å². The van der Waals surface area contributed by atoms with Crippen LogP contribution in [0.3, 0.4) is 0 Å². The van der Waals surface area contributed by atoms with Gasteiger partial charge >= 0.3 is 0 Å². The lowest BCUT2D eigenvalue weighted by Crippen LogP contribution is -2.22. The van der Waals surface area contributed by atoms with Crippen molar-refractivity contribution in [2.45, 2.75) is 12.7 Å². The second kappa shape index (κ2) is 4.67. The van der Waals surface area contributed by atoms with E-state index in [1.807, 2.05) is 17.3 Å². The van der Waals surface area contributed by atoms with Crippen LogP contribution in [0, 0.1) is 0 Å². The van der Waals surface area contributed by atoms with E-state index in [0.717, 1.165) is 6.54 Å². The fourth-order valence-corrected chi connectivity index (χ4v) is 1.87. The molecular weight excluding hydrogens is 210 g/mol. The third kappa shape index (κ3) is 2.53. The minimum Gasteiger partial charge on any atom is -0.235 e. The standard InChI is InChI=1S/C14H15N3/c1-3-7-12(8-4-1)11-15-17-14(16-17)13-9-5-2-6-10-13/h1-10,14-16H,11H2/t14?,17-/m1/s1. The molecule has 3 heteroatoms. The summed E-state index contributed by atoms with van der Waals surface area (Å²) in [4.78, 5) is 0. The molecule has 0 aromatic heterocycles. The molecule has 86 valence electrons. The summed E-state index contributed by atoms with van der Waals surface area (Å²) in [6.45, 7) is 0.844. The zero-order valence-corrected chi connectivity index (χ0v) is 9.51. The van der Waals surface area contributed by atoms with E-state index in [0.29, 0.717) is 6.17 Å². The van der Waals surface area contributed by atoms with E-state index in [4.69, 9.17) is 0 Å². The highest BCUT2D eigenvalue weighted by Gasteiger charge is 2.34. The first kappa shape index (κ1) is 10.5. The average molecular weight is 225 g/mol. The summed E-state index contributed by atoms with van der Waals surface area (Å²) in [5.74, 6) is 0. The van der Waals surface area contributed by atoms with E-state index < -0.39 is 0 Å². The van der Waals surface area contributed by atoms with Crippen molar-refractivity contribution in [1.82, 2.24) is 16.0 Å². The molecule has 0 radical (unpaired) electrons. The van der Waals surface area contributed by atoms with Crippen LogP contribution in [0.15, 0.2) is 60.7 Å². The number of hydrogen-bond acceptors (Lipinski definition) is 3. The predicted molar refractivity (Wildman–Crippen MR) is 67.4 cm³/mol. The Balaban J connectivity index is 1.53. The van der Waals surface area contributed by atoms with Crippen molar-refractivity contribution in [3.05, 3.63) is 71.8 Å². The van der Waals surface area contributed by atoms with Gasteiger partial charge in [0, 0.05) is 6.54 Å². The van der Waals surface area contributed by atoms with Crippen molar-refractivity contribution in [2.75, 3.05) is 0 Å². The summed E-state index contributed by atoms with van der Waals surface area (Å²) in [5, 5.41) is 2.03. The van der Waals surface area contributed by atoms with E-state index in [-0.39, 0.29) is 0 Å². The highest BCUT2D eigenvalue weighted by Crippen LogP contribution is 2.25. The number of nitrogens with one attached hydrogen (secondary N) is 2. The SMILES string of the molecule is c1ccc(CN[N@]2NC2c2ccccc2)cc1. The Kier molecular flexibility index (Phi) is 2.88. The number of hydrogen-bond donors (Lipinski definition) is 2. The van der Waals surface area contributed by atoms with Gasteiger partial charge in [0.2, 0.25) is 0 Å². The van der Waals surface area contributed by atoms with E-state index in [2.05, 4.69) is 59.4 Å². The summed E-state index contributed by atoms with van der Waals surface area (Å²) < 4.78 is 0. The molecule has 1 fully saturated rings. The zero-order valence-electron chi connectivity index (χ0n) is 9.51. The molecule has 2 aromatic carbocycles. The Morgan fingerprint density at radius 1 is 0.941 bits per heavy atom. The largest absolute Gasteiger partial charge is 0.235 e. The second-order valence-corrected chi connectivity index (χ2v) is 4.13. The Hall–Kier alpha value is -1.68. The van der Waals surface area contributed by atoms with E-state index >= 15 is 0 Å². The van der Waals surface area contributed by atoms with Gasteiger partial charge < -0.3 is 0 Å². The summed E-state index contributed by atoms with van der Waals surface area (Å²) in [5.41, 5.74) is 9.19. The molecule has 2 aromatic rings. The maximum absolute atomic E-state index is 3.34. The molecule has 1 heterocycles. The Labute approximate surface area is 101 Å². The van der Waals surface area contributed by atoms with Gasteiger partial charge in [-0.1, -0.05) is 60.7 Å². The molecule has 0 aliphatic carbocycles. The van der Waals surface area contributed by atoms with Crippen LogP contribution in [0.25, 0.3) is 0 Å². The van der Waals surface area contributed by atoms with Crippen LogP contribution in [0.2, 0.25) is 0 Å². The lowest BCUT2D eigenvalue weighted by atomic mass is 10.2. The van der Waals surface area contributed by atoms with Gasteiger partial charge in [0.15, 0.2) is 0 Å². The van der Waals surface area contributed by atoms with Crippen LogP contribution in [-0.4, -0.2) is 5.12 Å². The van der Waals surface area contributed by atoms with Gasteiger partial charge in [-0.25, -0.2) is 10.9 Å². The van der Waals surface area contributed by atoms with Crippen molar-refractivity contribution < 1.29 is 0 Å². The number of benzene rings is 2. The fraction of sp³-hybridized carbons (Fsp3) is 0.143. The highest BCUT2D eigenvalue weighted by atomic mass is 15.9. The quantitative estimate of drug-likeness (QED) is 0.783. The van der Waals surface area contributed by atoms with E-state index in [1.54, 1.807) is 0 Å². The molecule has 2 N–H and O–H groups in total. The summed E-state index contributed by atoms with van der Waals surface area (Å²) >= 11 is 0. The van der Waals surface area contributed by atoms with Crippen molar-refractivity contribution >= 4 is 0 Å². The van der Waals surface area contributed by atoms with Crippen molar-refractivity contribution in [2.24, 2.45) is 0 Å². The summed E-state index contributed by atoms with van der Waals surface area (Å²) in [6, 6.07) is 20.8. The molecule has 0 bridgehead atoms. The normalized spacial score (nSPS) is 22.4. The fourth-order valence-electron chi connectivity index (χ4n) is 1.87. The van der Waals surface area contributed by atoms with Crippen molar-refractivity contribution in [3.8, 4) is 0 Å². The van der Waals surface area contributed by atoms with Crippen molar-refractivity contribution in [3.63, 3.8) is 0 Å². The lowest BCUT2D eigenvalue weighted by molar-refractivity contribution is 0.345. The molecule has 2 atom stereocenters. The molecule has 0 spiro atoms. The lowest BCUT2D eigenvalue weighted by Gasteiger charge is -2.04. The van der Waals surface area contributed by atoms with Crippen LogP contribution in [0.4, 0.5) is 0 Å². The smallest absolute Gasteiger partial charge is 0.128 e. The molecule has 1 aliphatic heterocycles. The minimum absolute atomic E-state index is 0.305. The number of hydrazine groups is 2. The van der Waals surface area contributed by atoms with Gasteiger partial charge in [-0.3, -0.25) is 0 Å². The molecule has 0 amide bonds. The molecule has 0 saturated carbocycles. The van der Waals surface area contributed by atoms with Crippen LogP contribution in [0.5, 0.6) is 0 Å². The first-order chi connectivity index (χ1) is 8.43. The minimum atomic E-state index is 0.305. The maximum atomic E-state index is 3.34. The third-order valence-electron chi connectivity index (χ3n) is 2.86. The van der Waals surface area contributed by atoms with Crippen LogP contribution >= 0.6 is 0 Å². The molecule has 3 rings (SSSR count). The van der Waals surface area contributed by atoms with E-state index in [9.17, 15) is 0 Å². The number of rotatable bonds is 4. The highest BCUT2D eigenvalue weighted by molar-refractivity contribution is 5.21. The van der Waals surface area contributed by atoms with Crippen LogP contribution in [-0.2, 0) is 6.54 Å². The maximum Gasteiger partial charge on any atom is 0.128 e. The Morgan fingerprint density at radius 3 is 2.29 bits per heavy atom. The van der Waals surface area contributed by atoms with Gasteiger partial charge in [-0.05, 0) is 11.1 Å². The van der Waals surface area contributed by atoms with Crippen molar-refractivity contribution in [1.29, 1.82) is 0 Å². The van der Waals surface area contributed by atoms with Crippen LogP contribution in [0.1, 0.15) is 17.3 Å². The Morgan fingerprint density at radius 2 is 1.59 bits per heavy atom.